The Morgan fingerprint density at radius 1 is 1.36 bits per heavy atom. The summed E-state index contributed by atoms with van der Waals surface area (Å²) in [6, 6.07) is 0. The molecule has 2 N–H and O–H groups in total. The second-order valence-electron chi connectivity index (χ2n) is 2.37. The van der Waals surface area contributed by atoms with Gasteiger partial charge in [-0.2, -0.15) is 0 Å². The predicted octanol–water partition coefficient (Wildman–Crippen LogP) is -4.13. The summed E-state index contributed by atoms with van der Waals surface area (Å²) in [5.74, 6) is 0.211. The fourth-order valence-electron chi connectivity index (χ4n) is 1.07. The zero-order chi connectivity index (χ0) is 6.69. The molecular formula is C7H16LiN2O+. The number of carbonyl (C=O) groups excluding carboxylic acids is 1. The number of nitrogens with zero attached hydrogens (tertiary/aromatic N) is 1. The molecule has 4 heteroatoms. The molecule has 0 aromatic rings. The fraction of sp³-hybridized carbons (Fsp3) is 0.714. The number of amides is 1. The Labute approximate surface area is 80.7 Å². The Morgan fingerprint density at radius 3 is 2.09 bits per heavy atom. The molecule has 1 aliphatic heterocycles. The molecule has 0 aromatic heterocycles. The molecule has 0 spiro atoms. The van der Waals surface area contributed by atoms with Gasteiger partial charge in [0.1, 0.15) is 0 Å². The Kier molecular flexibility index (Phi) is 8.31. The first-order chi connectivity index (χ1) is 4.30. The van der Waals surface area contributed by atoms with E-state index in [0.29, 0.717) is 0 Å². The molecule has 1 heterocycles. The van der Waals surface area contributed by atoms with Crippen molar-refractivity contribution in [2.45, 2.75) is 6.92 Å². The first-order valence-electron chi connectivity index (χ1n) is 3.38. The van der Waals surface area contributed by atoms with E-state index in [-0.39, 0.29) is 32.2 Å². The van der Waals surface area contributed by atoms with Crippen LogP contribution in [0, 0.1) is 7.43 Å². The van der Waals surface area contributed by atoms with Crippen molar-refractivity contribution in [1.29, 1.82) is 0 Å². The van der Waals surface area contributed by atoms with Crippen molar-refractivity contribution in [1.82, 2.24) is 4.90 Å². The van der Waals surface area contributed by atoms with Gasteiger partial charge in [0.05, 0.1) is 26.2 Å². The van der Waals surface area contributed by atoms with Crippen LogP contribution in [0.25, 0.3) is 0 Å². The minimum Gasteiger partial charge on any atom is -0.358 e. The van der Waals surface area contributed by atoms with Crippen molar-refractivity contribution in [3.05, 3.63) is 7.43 Å². The van der Waals surface area contributed by atoms with Gasteiger partial charge in [-0.3, -0.25) is 4.79 Å². The molecule has 0 atom stereocenters. The van der Waals surface area contributed by atoms with Gasteiger partial charge in [-0.25, -0.2) is 0 Å². The van der Waals surface area contributed by atoms with Gasteiger partial charge in [0, 0.05) is 6.92 Å². The number of rotatable bonds is 0. The van der Waals surface area contributed by atoms with Crippen LogP contribution >= 0.6 is 0 Å². The molecule has 0 saturated carbocycles. The van der Waals surface area contributed by atoms with Gasteiger partial charge in [0.2, 0.25) is 5.91 Å². The minimum atomic E-state index is 0. The topological polar surface area (TPSA) is 36.9 Å². The van der Waals surface area contributed by atoms with Gasteiger partial charge in [0.15, 0.2) is 0 Å². The molecule has 1 saturated heterocycles. The van der Waals surface area contributed by atoms with Crippen molar-refractivity contribution in [2.24, 2.45) is 0 Å². The third-order valence-corrected chi connectivity index (χ3v) is 1.65. The van der Waals surface area contributed by atoms with Crippen molar-refractivity contribution in [3.8, 4) is 0 Å². The molecule has 1 rings (SSSR count). The van der Waals surface area contributed by atoms with Gasteiger partial charge in [-0.1, -0.05) is 0 Å². The zero-order valence-electron chi connectivity index (χ0n) is 7.76. The quantitative estimate of drug-likeness (QED) is 0.277. The molecule has 1 aliphatic rings. The van der Waals surface area contributed by atoms with Gasteiger partial charge in [-0.05, 0) is 0 Å². The second kappa shape index (κ2) is 6.72. The summed E-state index contributed by atoms with van der Waals surface area (Å²) in [4.78, 5) is 12.6. The van der Waals surface area contributed by atoms with E-state index in [0.717, 1.165) is 26.2 Å². The van der Waals surface area contributed by atoms with Gasteiger partial charge in [-0.15, -0.1) is 0 Å². The smallest absolute Gasteiger partial charge is 0.358 e. The van der Waals surface area contributed by atoms with Crippen LogP contribution < -0.4 is 24.2 Å². The molecule has 0 radical (unpaired) electrons. The van der Waals surface area contributed by atoms with Crippen LogP contribution in [-0.4, -0.2) is 37.0 Å². The fourth-order valence-corrected chi connectivity index (χ4v) is 1.07. The normalized spacial score (nSPS) is 16.3. The number of quaternary nitrogens is 1. The Balaban J connectivity index is 0. The summed E-state index contributed by atoms with van der Waals surface area (Å²) < 4.78 is 0. The Hall–Kier alpha value is 0.0274. The van der Waals surface area contributed by atoms with Crippen LogP contribution in [0.1, 0.15) is 6.92 Å². The van der Waals surface area contributed by atoms with Crippen LogP contribution in [0.3, 0.4) is 0 Å². The molecule has 1 fully saturated rings. The van der Waals surface area contributed by atoms with Crippen molar-refractivity contribution < 1.29 is 29.0 Å². The van der Waals surface area contributed by atoms with Crippen molar-refractivity contribution in [2.75, 3.05) is 26.2 Å². The van der Waals surface area contributed by atoms with Gasteiger partial charge in [0.25, 0.3) is 0 Å². The summed E-state index contributed by atoms with van der Waals surface area (Å²) >= 11 is 0. The third-order valence-electron chi connectivity index (χ3n) is 1.65. The van der Waals surface area contributed by atoms with Crippen LogP contribution in [0.4, 0.5) is 0 Å². The number of carbonyl (C=O) groups is 1. The maximum Gasteiger partial charge on any atom is 1.00 e. The molecule has 0 unspecified atom stereocenters. The molecular weight excluding hydrogens is 135 g/mol. The van der Waals surface area contributed by atoms with Gasteiger partial charge >= 0.3 is 18.9 Å². The number of hydrogen-bond acceptors (Lipinski definition) is 1. The second-order valence-corrected chi connectivity index (χ2v) is 2.37. The first kappa shape index (κ1) is 13.6. The third kappa shape index (κ3) is 4.47. The van der Waals surface area contributed by atoms with Crippen molar-refractivity contribution >= 4 is 5.91 Å². The Morgan fingerprint density at radius 2 is 1.82 bits per heavy atom. The summed E-state index contributed by atoms with van der Waals surface area (Å²) in [5.41, 5.74) is 0. The minimum absolute atomic E-state index is 0. The SMILES string of the molecule is CC(=O)N1CC[NH2+]CC1.[CH3-].[Li+]. The maximum absolute atomic E-state index is 10.7. The summed E-state index contributed by atoms with van der Waals surface area (Å²) in [7, 11) is 0. The summed E-state index contributed by atoms with van der Waals surface area (Å²) in [6.45, 7) is 5.62. The van der Waals surface area contributed by atoms with Gasteiger partial charge < -0.3 is 17.6 Å². The largest absolute Gasteiger partial charge is 1.00 e. The van der Waals surface area contributed by atoms with E-state index in [1.165, 1.54) is 0 Å². The average Bonchev–Trinajstić information content (AvgIpc) is 1.90. The van der Waals surface area contributed by atoms with Crippen LogP contribution in [-0.2, 0) is 4.79 Å². The van der Waals surface area contributed by atoms with E-state index in [1.54, 1.807) is 6.92 Å². The monoisotopic (exact) mass is 151 g/mol. The molecule has 0 aliphatic carbocycles. The zero-order valence-corrected chi connectivity index (χ0v) is 7.76. The summed E-state index contributed by atoms with van der Waals surface area (Å²) in [5, 5.41) is 2.24. The van der Waals surface area contributed by atoms with E-state index >= 15 is 0 Å². The average molecular weight is 151 g/mol. The molecule has 0 bridgehead atoms. The molecule has 0 aromatic carbocycles. The summed E-state index contributed by atoms with van der Waals surface area (Å²) in [6.07, 6.45) is 0. The molecule has 3 nitrogen and oxygen atoms in total. The van der Waals surface area contributed by atoms with Crippen molar-refractivity contribution in [3.63, 3.8) is 0 Å². The standard InChI is InChI=1S/C6H12N2O.CH3.Li/c1-6(9)8-4-2-7-3-5-8;;/h7H,2-5H2,1H3;1H3;/q;-1;+1/p+1. The van der Waals surface area contributed by atoms with E-state index in [2.05, 4.69) is 5.32 Å². The van der Waals surface area contributed by atoms with Crippen LogP contribution in [0.15, 0.2) is 0 Å². The van der Waals surface area contributed by atoms with E-state index in [1.807, 2.05) is 4.90 Å². The van der Waals surface area contributed by atoms with Crippen LogP contribution in [0.5, 0.6) is 0 Å². The number of hydrogen-bond donors (Lipinski definition) is 1. The maximum atomic E-state index is 10.7. The van der Waals surface area contributed by atoms with E-state index in [4.69, 9.17) is 0 Å². The molecule has 1 amide bonds. The number of nitrogens with two attached hydrogens (primary N) is 1. The number of piperazine rings is 1. The predicted molar refractivity (Wildman–Crippen MR) is 40.3 cm³/mol. The first-order valence-corrected chi connectivity index (χ1v) is 3.38. The Bertz CT molecular complexity index is 113. The van der Waals surface area contributed by atoms with E-state index in [9.17, 15) is 4.79 Å². The van der Waals surface area contributed by atoms with E-state index < -0.39 is 0 Å². The molecule has 11 heavy (non-hydrogen) atoms. The van der Waals surface area contributed by atoms with Crippen LogP contribution in [0.2, 0.25) is 0 Å². The molecule has 60 valence electrons.